The molecular weight excluding hydrogens is 257 g/mol. The lowest BCUT2D eigenvalue weighted by molar-refractivity contribution is 0.496. The van der Waals surface area contributed by atoms with Gasteiger partial charge in [0, 0.05) is 12.2 Å². The molecule has 1 aromatic heterocycles. The summed E-state index contributed by atoms with van der Waals surface area (Å²) in [6.07, 6.45) is 0. The molecule has 1 aromatic carbocycles. The second-order valence-electron chi connectivity index (χ2n) is 3.76. The molecule has 0 bridgehead atoms. The standard InChI is InChI=1S/C12H13ClFN3O/c1-3-17(10-6-4-9(14)5-7-10)12-16-15-11(18-12)8(2)13/h4-8H,3H2,1-2H3. The van der Waals surface area contributed by atoms with E-state index in [2.05, 4.69) is 10.2 Å². The third-order valence-electron chi connectivity index (χ3n) is 2.46. The van der Waals surface area contributed by atoms with E-state index in [1.807, 2.05) is 6.92 Å². The molecule has 0 aliphatic heterocycles. The molecular formula is C12H13ClFN3O. The normalized spacial score (nSPS) is 12.4. The highest BCUT2D eigenvalue weighted by Crippen LogP contribution is 2.26. The Bertz CT molecular complexity index is 512. The van der Waals surface area contributed by atoms with Crippen LogP contribution in [0.3, 0.4) is 0 Å². The van der Waals surface area contributed by atoms with Gasteiger partial charge in [-0.2, -0.15) is 0 Å². The first kappa shape index (κ1) is 12.8. The topological polar surface area (TPSA) is 42.2 Å². The highest BCUT2D eigenvalue weighted by atomic mass is 35.5. The van der Waals surface area contributed by atoms with Gasteiger partial charge in [-0.25, -0.2) is 4.39 Å². The summed E-state index contributed by atoms with van der Waals surface area (Å²) in [4.78, 5) is 1.79. The Hall–Kier alpha value is -1.62. The summed E-state index contributed by atoms with van der Waals surface area (Å²) in [5.41, 5.74) is 0.788. The van der Waals surface area contributed by atoms with Crippen molar-refractivity contribution in [3.05, 3.63) is 36.0 Å². The number of aromatic nitrogens is 2. The predicted molar refractivity (Wildman–Crippen MR) is 67.6 cm³/mol. The number of nitrogens with zero attached hydrogens (tertiary/aromatic N) is 3. The van der Waals surface area contributed by atoms with Crippen LogP contribution in [-0.4, -0.2) is 16.7 Å². The van der Waals surface area contributed by atoms with Gasteiger partial charge in [0.2, 0.25) is 5.89 Å². The Morgan fingerprint density at radius 3 is 2.50 bits per heavy atom. The summed E-state index contributed by atoms with van der Waals surface area (Å²) in [5.74, 6) is 0.0858. The van der Waals surface area contributed by atoms with E-state index < -0.39 is 0 Å². The molecule has 0 fully saturated rings. The van der Waals surface area contributed by atoms with Gasteiger partial charge in [0.05, 0.1) is 0 Å². The lowest BCUT2D eigenvalue weighted by atomic mass is 10.3. The van der Waals surface area contributed by atoms with Crippen molar-refractivity contribution in [3.63, 3.8) is 0 Å². The fourth-order valence-electron chi connectivity index (χ4n) is 1.55. The van der Waals surface area contributed by atoms with Gasteiger partial charge in [-0.15, -0.1) is 16.7 Å². The van der Waals surface area contributed by atoms with Gasteiger partial charge >= 0.3 is 6.01 Å². The first-order chi connectivity index (χ1) is 8.61. The third kappa shape index (κ3) is 2.61. The van der Waals surface area contributed by atoms with Crippen LogP contribution in [0.1, 0.15) is 25.1 Å². The van der Waals surface area contributed by atoms with Crippen molar-refractivity contribution in [1.82, 2.24) is 10.2 Å². The second kappa shape index (κ2) is 5.35. The molecule has 0 aliphatic rings. The van der Waals surface area contributed by atoms with Crippen LogP contribution >= 0.6 is 11.6 Å². The molecule has 6 heteroatoms. The molecule has 0 spiro atoms. The Balaban J connectivity index is 2.29. The van der Waals surface area contributed by atoms with Gasteiger partial charge < -0.3 is 4.42 Å². The molecule has 0 aliphatic carbocycles. The molecule has 1 unspecified atom stereocenters. The molecule has 0 saturated heterocycles. The summed E-state index contributed by atoms with van der Waals surface area (Å²) in [6.45, 7) is 4.33. The Labute approximate surface area is 109 Å². The van der Waals surface area contributed by atoms with E-state index in [-0.39, 0.29) is 11.2 Å². The van der Waals surface area contributed by atoms with Gasteiger partial charge in [-0.1, -0.05) is 5.10 Å². The average Bonchev–Trinajstić information content (AvgIpc) is 2.82. The molecule has 4 nitrogen and oxygen atoms in total. The average molecular weight is 270 g/mol. The monoisotopic (exact) mass is 269 g/mol. The molecule has 1 atom stereocenters. The van der Waals surface area contributed by atoms with Gasteiger partial charge in [0.1, 0.15) is 11.2 Å². The molecule has 0 N–H and O–H groups in total. The van der Waals surface area contributed by atoms with Gasteiger partial charge in [-0.3, -0.25) is 4.90 Å². The fraction of sp³-hybridized carbons (Fsp3) is 0.333. The summed E-state index contributed by atoms with van der Waals surface area (Å²) < 4.78 is 18.3. The number of benzene rings is 1. The van der Waals surface area contributed by atoms with Crippen molar-refractivity contribution in [2.24, 2.45) is 0 Å². The molecule has 0 radical (unpaired) electrons. The van der Waals surface area contributed by atoms with Gasteiger partial charge in [0.15, 0.2) is 0 Å². The Kier molecular flexibility index (Phi) is 3.81. The van der Waals surface area contributed by atoms with Crippen LogP contribution in [0.2, 0.25) is 0 Å². The number of rotatable bonds is 4. The number of anilines is 2. The van der Waals surface area contributed by atoms with E-state index in [0.717, 1.165) is 5.69 Å². The molecule has 18 heavy (non-hydrogen) atoms. The molecule has 2 aromatic rings. The quantitative estimate of drug-likeness (QED) is 0.794. The van der Waals surface area contributed by atoms with Crippen molar-refractivity contribution < 1.29 is 8.81 Å². The van der Waals surface area contributed by atoms with Crippen molar-refractivity contribution in [2.45, 2.75) is 19.2 Å². The first-order valence-corrected chi connectivity index (χ1v) is 6.06. The highest BCUT2D eigenvalue weighted by Gasteiger charge is 2.17. The Morgan fingerprint density at radius 2 is 2.00 bits per heavy atom. The maximum absolute atomic E-state index is 12.9. The maximum Gasteiger partial charge on any atom is 0.322 e. The Morgan fingerprint density at radius 1 is 1.33 bits per heavy atom. The minimum Gasteiger partial charge on any atom is -0.406 e. The summed E-state index contributed by atoms with van der Waals surface area (Å²) in [7, 11) is 0. The minimum absolute atomic E-state index is 0.282. The lowest BCUT2D eigenvalue weighted by Crippen LogP contribution is -2.16. The zero-order chi connectivity index (χ0) is 13.1. The predicted octanol–water partition coefficient (Wildman–Crippen LogP) is 3.67. The van der Waals surface area contributed by atoms with Crippen molar-refractivity contribution in [2.75, 3.05) is 11.4 Å². The number of hydrogen-bond donors (Lipinski definition) is 0. The minimum atomic E-state index is -0.335. The second-order valence-corrected chi connectivity index (χ2v) is 4.41. The van der Waals surface area contributed by atoms with Crippen LogP contribution < -0.4 is 4.90 Å². The molecule has 0 amide bonds. The van der Waals surface area contributed by atoms with E-state index in [1.165, 1.54) is 12.1 Å². The van der Waals surface area contributed by atoms with E-state index in [9.17, 15) is 4.39 Å². The van der Waals surface area contributed by atoms with E-state index in [0.29, 0.717) is 18.5 Å². The highest BCUT2D eigenvalue weighted by molar-refractivity contribution is 6.20. The van der Waals surface area contributed by atoms with E-state index in [1.54, 1.807) is 24.0 Å². The zero-order valence-electron chi connectivity index (χ0n) is 10.1. The summed E-state index contributed by atoms with van der Waals surface area (Å²) in [6, 6.07) is 6.45. The van der Waals surface area contributed by atoms with Crippen LogP contribution in [-0.2, 0) is 0 Å². The van der Waals surface area contributed by atoms with Crippen molar-refractivity contribution >= 4 is 23.3 Å². The van der Waals surface area contributed by atoms with Crippen molar-refractivity contribution in [3.8, 4) is 0 Å². The van der Waals surface area contributed by atoms with Gasteiger partial charge in [-0.05, 0) is 38.1 Å². The van der Waals surface area contributed by atoms with Crippen molar-refractivity contribution in [1.29, 1.82) is 0 Å². The van der Waals surface area contributed by atoms with Crippen LogP contribution in [0.5, 0.6) is 0 Å². The molecule has 2 rings (SSSR count). The molecule has 0 saturated carbocycles. The maximum atomic E-state index is 12.9. The van der Waals surface area contributed by atoms with E-state index >= 15 is 0 Å². The first-order valence-electron chi connectivity index (χ1n) is 5.62. The number of hydrogen-bond acceptors (Lipinski definition) is 4. The molecule has 1 heterocycles. The zero-order valence-corrected chi connectivity index (χ0v) is 10.9. The third-order valence-corrected chi connectivity index (χ3v) is 2.64. The van der Waals surface area contributed by atoms with Crippen LogP contribution in [0.25, 0.3) is 0 Å². The number of halogens is 2. The van der Waals surface area contributed by atoms with Crippen LogP contribution in [0.4, 0.5) is 16.1 Å². The van der Waals surface area contributed by atoms with E-state index in [4.69, 9.17) is 16.0 Å². The number of alkyl halides is 1. The SMILES string of the molecule is CCN(c1ccc(F)cc1)c1nnc(C(C)Cl)o1. The molecule has 96 valence electrons. The van der Waals surface area contributed by atoms with Gasteiger partial charge in [0.25, 0.3) is 0 Å². The summed E-state index contributed by atoms with van der Waals surface area (Å²) in [5, 5.41) is 7.47. The smallest absolute Gasteiger partial charge is 0.322 e. The van der Waals surface area contributed by atoms with Crippen LogP contribution in [0.15, 0.2) is 28.7 Å². The fourth-order valence-corrected chi connectivity index (χ4v) is 1.63. The largest absolute Gasteiger partial charge is 0.406 e. The summed E-state index contributed by atoms with van der Waals surface area (Å²) >= 11 is 5.87. The van der Waals surface area contributed by atoms with Crippen LogP contribution in [0, 0.1) is 5.82 Å². The lowest BCUT2D eigenvalue weighted by Gasteiger charge is -2.17.